The monoisotopic (exact) mass is 259 g/mol. The van der Waals surface area contributed by atoms with E-state index in [9.17, 15) is 0 Å². The Balaban J connectivity index is 2.27. The number of hydrogen-bond acceptors (Lipinski definition) is 3. The van der Waals surface area contributed by atoms with Crippen LogP contribution in [-0.2, 0) is 0 Å². The van der Waals surface area contributed by atoms with Crippen LogP contribution in [0.15, 0.2) is 29.2 Å². The highest BCUT2D eigenvalue weighted by atomic mass is 35.5. The molecule has 0 aliphatic rings. The molecule has 1 aromatic rings. The van der Waals surface area contributed by atoms with Gasteiger partial charge in [0.25, 0.3) is 0 Å². The molecule has 1 aromatic carbocycles. The van der Waals surface area contributed by atoms with Crippen molar-refractivity contribution in [1.82, 2.24) is 4.90 Å². The molecule has 0 saturated carbocycles. The van der Waals surface area contributed by atoms with Gasteiger partial charge in [-0.15, -0.1) is 11.8 Å². The fourth-order valence-electron chi connectivity index (χ4n) is 1.20. The number of likely N-dealkylation sites (N-methyl/N-ethyl adjacent to an activating group) is 1. The Morgan fingerprint density at radius 3 is 2.56 bits per heavy atom. The van der Waals surface area contributed by atoms with Crippen LogP contribution in [0.5, 0.6) is 0 Å². The Hall–Kier alpha value is -0.220. The second-order valence-electron chi connectivity index (χ2n) is 3.81. The third kappa shape index (κ3) is 4.74. The van der Waals surface area contributed by atoms with Crippen molar-refractivity contribution in [2.24, 2.45) is 0 Å². The van der Waals surface area contributed by atoms with Gasteiger partial charge >= 0.3 is 0 Å². The van der Waals surface area contributed by atoms with E-state index < -0.39 is 0 Å². The van der Waals surface area contributed by atoms with E-state index in [0.29, 0.717) is 0 Å². The number of rotatable bonds is 6. The van der Waals surface area contributed by atoms with Crippen molar-refractivity contribution >= 4 is 23.4 Å². The Kier molecular flexibility index (Phi) is 6.21. The third-order valence-corrected chi connectivity index (χ3v) is 3.79. The van der Waals surface area contributed by atoms with Gasteiger partial charge in [-0.1, -0.05) is 11.6 Å². The van der Waals surface area contributed by atoms with E-state index in [1.807, 2.05) is 38.2 Å². The molecule has 4 heteroatoms. The van der Waals surface area contributed by atoms with Crippen molar-refractivity contribution in [1.29, 1.82) is 0 Å². The second-order valence-corrected chi connectivity index (χ2v) is 5.42. The lowest BCUT2D eigenvalue weighted by molar-refractivity contribution is 0.165. The van der Waals surface area contributed by atoms with E-state index in [4.69, 9.17) is 16.7 Å². The molecule has 0 heterocycles. The molecule has 0 aliphatic carbocycles. The molecule has 0 amide bonds. The van der Waals surface area contributed by atoms with Gasteiger partial charge in [-0.25, -0.2) is 0 Å². The summed E-state index contributed by atoms with van der Waals surface area (Å²) in [5.74, 6) is 1.02. The topological polar surface area (TPSA) is 23.5 Å². The number of aliphatic hydroxyl groups excluding tert-OH is 1. The van der Waals surface area contributed by atoms with Gasteiger partial charge in [-0.3, -0.25) is 0 Å². The van der Waals surface area contributed by atoms with Crippen LogP contribution in [0.4, 0.5) is 0 Å². The number of benzene rings is 1. The number of nitrogens with zero attached hydrogens (tertiary/aromatic N) is 1. The fourth-order valence-corrected chi connectivity index (χ4v) is 2.27. The summed E-state index contributed by atoms with van der Waals surface area (Å²) in [5, 5.41) is 9.76. The highest BCUT2D eigenvalue weighted by Gasteiger charge is 2.06. The van der Waals surface area contributed by atoms with Crippen molar-refractivity contribution in [2.45, 2.75) is 17.9 Å². The van der Waals surface area contributed by atoms with Gasteiger partial charge in [-0.2, -0.15) is 0 Å². The summed E-state index contributed by atoms with van der Waals surface area (Å²) in [7, 11) is 2.03. The van der Waals surface area contributed by atoms with E-state index in [2.05, 4.69) is 4.90 Å². The van der Waals surface area contributed by atoms with Gasteiger partial charge in [0, 0.05) is 28.3 Å². The molecule has 0 radical (unpaired) electrons. The maximum absolute atomic E-state index is 8.99. The molecule has 1 N–H and O–H groups in total. The van der Waals surface area contributed by atoms with Crippen LogP contribution in [0.1, 0.15) is 6.92 Å². The minimum absolute atomic E-state index is 0.210. The zero-order valence-corrected chi connectivity index (χ0v) is 11.3. The van der Waals surface area contributed by atoms with Crippen molar-refractivity contribution in [3.8, 4) is 0 Å². The Labute approximate surface area is 107 Å². The summed E-state index contributed by atoms with van der Waals surface area (Å²) in [6.07, 6.45) is 0. The fraction of sp³-hybridized carbons (Fsp3) is 0.500. The number of thioether (sulfide) groups is 1. The first-order valence-corrected chi connectivity index (χ1v) is 6.69. The highest BCUT2D eigenvalue weighted by molar-refractivity contribution is 7.99. The van der Waals surface area contributed by atoms with Crippen molar-refractivity contribution < 1.29 is 5.11 Å². The van der Waals surface area contributed by atoms with Crippen molar-refractivity contribution in [3.63, 3.8) is 0 Å². The Morgan fingerprint density at radius 2 is 2.00 bits per heavy atom. The zero-order chi connectivity index (χ0) is 12.0. The lowest BCUT2D eigenvalue weighted by atomic mass is 10.3. The van der Waals surface area contributed by atoms with Gasteiger partial charge in [-0.05, 0) is 38.2 Å². The summed E-state index contributed by atoms with van der Waals surface area (Å²) in [6.45, 7) is 3.20. The van der Waals surface area contributed by atoms with Crippen LogP contribution in [0.25, 0.3) is 0 Å². The first-order valence-electron chi connectivity index (χ1n) is 5.33. The molecule has 0 bridgehead atoms. The molecule has 0 aromatic heterocycles. The maximum atomic E-state index is 8.99. The minimum Gasteiger partial charge on any atom is -0.395 e. The standard InChI is InChI=1S/C12H18ClNOS/c1-10(9-15)14(2)7-8-16-12-5-3-11(13)4-6-12/h3-6,10,15H,7-9H2,1-2H3. The largest absolute Gasteiger partial charge is 0.395 e. The SMILES string of the molecule is CC(CO)N(C)CCSc1ccc(Cl)cc1. The van der Waals surface area contributed by atoms with Crippen LogP contribution in [0.2, 0.25) is 5.02 Å². The quantitative estimate of drug-likeness (QED) is 0.795. The second kappa shape index (κ2) is 7.17. The van der Waals surface area contributed by atoms with Gasteiger partial charge < -0.3 is 10.0 Å². The molecule has 16 heavy (non-hydrogen) atoms. The summed E-state index contributed by atoms with van der Waals surface area (Å²) >= 11 is 7.61. The molecule has 0 spiro atoms. The Morgan fingerprint density at radius 1 is 1.38 bits per heavy atom. The Bertz CT molecular complexity index is 304. The maximum Gasteiger partial charge on any atom is 0.0584 e. The molecular weight excluding hydrogens is 242 g/mol. The minimum atomic E-state index is 0.210. The lowest BCUT2D eigenvalue weighted by Gasteiger charge is -2.22. The highest BCUT2D eigenvalue weighted by Crippen LogP contribution is 2.20. The summed E-state index contributed by atoms with van der Waals surface area (Å²) in [4.78, 5) is 3.39. The van der Waals surface area contributed by atoms with E-state index in [-0.39, 0.29) is 12.6 Å². The van der Waals surface area contributed by atoms with Crippen LogP contribution in [0.3, 0.4) is 0 Å². The smallest absolute Gasteiger partial charge is 0.0584 e. The van der Waals surface area contributed by atoms with Gasteiger partial charge in [0.05, 0.1) is 6.61 Å². The van der Waals surface area contributed by atoms with E-state index in [0.717, 1.165) is 17.3 Å². The molecule has 1 atom stereocenters. The molecule has 2 nitrogen and oxygen atoms in total. The van der Waals surface area contributed by atoms with Gasteiger partial charge in [0.15, 0.2) is 0 Å². The first-order chi connectivity index (χ1) is 7.63. The lowest BCUT2D eigenvalue weighted by Crippen LogP contribution is -2.33. The number of hydrogen-bond donors (Lipinski definition) is 1. The third-order valence-electron chi connectivity index (χ3n) is 2.54. The van der Waals surface area contributed by atoms with Gasteiger partial charge in [0.2, 0.25) is 0 Å². The number of halogens is 1. The molecule has 90 valence electrons. The van der Waals surface area contributed by atoms with Crippen LogP contribution < -0.4 is 0 Å². The van der Waals surface area contributed by atoms with E-state index in [1.54, 1.807) is 11.8 Å². The molecule has 1 unspecified atom stereocenters. The number of aliphatic hydroxyl groups is 1. The molecule has 1 rings (SSSR count). The van der Waals surface area contributed by atoms with Crippen LogP contribution in [-0.4, -0.2) is 42.0 Å². The predicted octanol–water partition coefficient (Wildman–Crippen LogP) is 2.74. The van der Waals surface area contributed by atoms with Crippen molar-refractivity contribution in [3.05, 3.63) is 29.3 Å². The molecular formula is C12H18ClNOS. The van der Waals surface area contributed by atoms with E-state index >= 15 is 0 Å². The average molecular weight is 260 g/mol. The van der Waals surface area contributed by atoms with Crippen LogP contribution in [0, 0.1) is 0 Å². The summed E-state index contributed by atoms with van der Waals surface area (Å²) in [5.41, 5.74) is 0. The predicted molar refractivity (Wildman–Crippen MR) is 71.4 cm³/mol. The summed E-state index contributed by atoms with van der Waals surface area (Å²) in [6, 6.07) is 8.10. The van der Waals surface area contributed by atoms with Gasteiger partial charge in [0.1, 0.15) is 0 Å². The average Bonchev–Trinajstić information content (AvgIpc) is 2.30. The van der Waals surface area contributed by atoms with E-state index in [1.165, 1.54) is 4.90 Å². The zero-order valence-electron chi connectivity index (χ0n) is 9.69. The molecule has 0 saturated heterocycles. The molecule has 0 fully saturated rings. The first kappa shape index (κ1) is 13.8. The van der Waals surface area contributed by atoms with Crippen LogP contribution >= 0.6 is 23.4 Å². The molecule has 0 aliphatic heterocycles. The summed E-state index contributed by atoms with van der Waals surface area (Å²) < 4.78 is 0. The normalized spacial score (nSPS) is 13.1. The van der Waals surface area contributed by atoms with Crippen molar-refractivity contribution in [2.75, 3.05) is 26.0 Å².